The van der Waals surface area contributed by atoms with Gasteiger partial charge >= 0.3 is 5.69 Å². The molecule has 0 bridgehead atoms. The van der Waals surface area contributed by atoms with Crippen LogP contribution >= 0.6 is 11.3 Å². The predicted molar refractivity (Wildman–Crippen MR) is 85.2 cm³/mol. The van der Waals surface area contributed by atoms with E-state index in [1.807, 2.05) is 0 Å². The quantitative estimate of drug-likeness (QED) is 0.937. The van der Waals surface area contributed by atoms with Gasteiger partial charge in [0, 0.05) is 20.6 Å². The molecule has 3 rings (SSSR count). The first-order valence-electron chi connectivity index (χ1n) is 7.38. The summed E-state index contributed by atoms with van der Waals surface area (Å²) in [4.78, 5) is 29.0. The average Bonchev–Trinajstić information content (AvgIpc) is 2.94. The van der Waals surface area contributed by atoms with Crippen molar-refractivity contribution in [1.29, 1.82) is 0 Å². The highest BCUT2D eigenvalue weighted by Gasteiger charge is 2.16. The molecule has 21 heavy (non-hydrogen) atoms. The molecule has 0 saturated heterocycles. The summed E-state index contributed by atoms with van der Waals surface area (Å²) >= 11 is 1.38. The van der Waals surface area contributed by atoms with Gasteiger partial charge in [-0.15, -0.1) is 0 Å². The number of anilines is 1. The number of fused-ring (bicyclic) bond motifs is 1. The number of aromatic nitrogens is 3. The van der Waals surface area contributed by atoms with Crippen LogP contribution in [0.15, 0.2) is 9.59 Å². The SMILES string of the molecule is Cn1c(=O)c2nc(NCC3CCCCC3)sc2n(C)c1=O. The number of hydrogen-bond acceptors (Lipinski definition) is 5. The summed E-state index contributed by atoms with van der Waals surface area (Å²) in [5, 5.41) is 4.07. The van der Waals surface area contributed by atoms with Crippen molar-refractivity contribution in [2.24, 2.45) is 20.0 Å². The lowest BCUT2D eigenvalue weighted by molar-refractivity contribution is 0.373. The maximum Gasteiger partial charge on any atom is 0.331 e. The van der Waals surface area contributed by atoms with E-state index in [2.05, 4.69) is 10.3 Å². The maximum absolute atomic E-state index is 12.1. The molecule has 0 amide bonds. The zero-order valence-corrected chi connectivity index (χ0v) is 13.2. The largest absolute Gasteiger partial charge is 0.361 e. The molecule has 2 aromatic rings. The second-order valence-electron chi connectivity index (χ2n) is 5.76. The Morgan fingerprint density at radius 2 is 1.90 bits per heavy atom. The second kappa shape index (κ2) is 5.63. The highest BCUT2D eigenvalue weighted by atomic mass is 32.1. The molecule has 0 atom stereocenters. The Labute approximate surface area is 126 Å². The third-order valence-electron chi connectivity index (χ3n) is 4.26. The topological polar surface area (TPSA) is 68.9 Å². The predicted octanol–water partition coefficient (Wildman–Crippen LogP) is 1.69. The lowest BCUT2D eigenvalue weighted by Gasteiger charge is -2.21. The van der Waals surface area contributed by atoms with Crippen LogP contribution in [0.4, 0.5) is 5.13 Å². The van der Waals surface area contributed by atoms with Crippen molar-refractivity contribution in [3.63, 3.8) is 0 Å². The Bertz CT molecular complexity index is 768. The first-order valence-corrected chi connectivity index (χ1v) is 8.20. The lowest BCUT2D eigenvalue weighted by Crippen LogP contribution is -2.36. The molecular weight excluding hydrogens is 288 g/mol. The molecule has 7 heteroatoms. The molecule has 0 aliphatic heterocycles. The minimum Gasteiger partial charge on any atom is -0.361 e. The van der Waals surface area contributed by atoms with Crippen LogP contribution in [0.25, 0.3) is 10.3 Å². The number of nitrogens with one attached hydrogen (secondary N) is 1. The van der Waals surface area contributed by atoms with Gasteiger partial charge in [0.05, 0.1) is 0 Å². The van der Waals surface area contributed by atoms with E-state index in [9.17, 15) is 9.59 Å². The minimum absolute atomic E-state index is 0.310. The molecule has 0 radical (unpaired) electrons. The number of nitrogens with zero attached hydrogens (tertiary/aromatic N) is 3. The Balaban J connectivity index is 1.87. The second-order valence-corrected chi connectivity index (χ2v) is 6.74. The zero-order valence-electron chi connectivity index (χ0n) is 12.4. The van der Waals surface area contributed by atoms with Gasteiger partial charge in [-0.05, 0) is 18.8 Å². The van der Waals surface area contributed by atoms with Gasteiger partial charge < -0.3 is 5.32 Å². The maximum atomic E-state index is 12.1. The van der Waals surface area contributed by atoms with Crippen LogP contribution in [0.3, 0.4) is 0 Å². The van der Waals surface area contributed by atoms with Gasteiger partial charge in [0.25, 0.3) is 5.56 Å². The van der Waals surface area contributed by atoms with Crippen LogP contribution in [-0.2, 0) is 14.1 Å². The van der Waals surface area contributed by atoms with Crippen LogP contribution in [0.5, 0.6) is 0 Å². The molecule has 0 aromatic carbocycles. The molecule has 1 fully saturated rings. The third kappa shape index (κ3) is 2.62. The van der Waals surface area contributed by atoms with Gasteiger partial charge in [-0.1, -0.05) is 30.6 Å². The summed E-state index contributed by atoms with van der Waals surface area (Å²) < 4.78 is 2.59. The van der Waals surface area contributed by atoms with Gasteiger partial charge in [0.1, 0.15) is 4.83 Å². The van der Waals surface area contributed by atoms with Crippen LogP contribution in [0, 0.1) is 5.92 Å². The number of rotatable bonds is 3. The van der Waals surface area contributed by atoms with E-state index in [1.54, 1.807) is 7.05 Å². The minimum atomic E-state index is -0.324. The number of aryl methyl sites for hydroxylation is 1. The Hall–Kier alpha value is -1.63. The van der Waals surface area contributed by atoms with E-state index < -0.39 is 0 Å². The average molecular weight is 308 g/mol. The molecule has 1 saturated carbocycles. The van der Waals surface area contributed by atoms with Gasteiger partial charge in [-0.25, -0.2) is 9.78 Å². The van der Waals surface area contributed by atoms with Crippen LogP contribution in [0.2, 0.25) is 0 Å². The van der Waals surface area contributed by atoms with Gasteiger partial charge in [0.2, 0.25) is 0 Å². The fourth-order valence-electron chi connectivity index (χ4n) is 2.93. The van der Waals surface area contributed by atoms with Crippen molar-refractivity contribution in [1.82, 2.24) is 14.1 Å². The number of hydrogen-bond donors (Lipinski definition) is 1. The normalized spacial score (nSPS) is 16.5. The summed E-state index contributed by atoms with van der Waals surface area (Å²) in [7, 11) is 3.16. The van der Waals surface area contributed by atoms with E-state index >= 15 is 0 Å². The fourth-order valence-corrected chi connectivity index (χ4v) is 3.86. The Morgan fingerprint density at radius 1 is 1.19 bits per heavy atom. The molecule has 0 unspecified atom stereocenters. The van der Waals surface area contributed by atoms with Gasteiger partial charge in [0.15, 0.2) is 10.6 Å². The van der Waals surface area contributed by atoms with Gasteiger partial charge in [-0.2, -0.15) is 0 Å². The molecule has 2 heterocycles. The van der Waals surface area contributed by atoms with Crippen molar-refractivity contribution >= 4 is 26.8 Å². The molecular formula is C14H20N4O2S. The van der Waals surface area contributed by atoms with E-state index in [-0.39, 0.29) is 11.2 Å². The zero-order chi connectivity index (χ0) is 15.0. The Morgan fingerprint density at radius 3 is 2.62 bits per heavy atom. The standard InChI is InChI=1S/C14H20N4O2S/c1-17-11(19)10-12(18(2)14(17)20)21-13(16-10)15-8-9-6-4-3-5-7-9/h9H,3-8H2,1-2H3,(H,15,16). The monoisotopic (exact) mass is 308 g/mol. The lowest BCUT2D eigenvalue weighted by atomic mass is 9.89. The summed E-state index contributed by atoms with van der Waals surface area (Å²) in [5.41, 5.74) is -0.263. The highest BCUT2D eigenvalue weighted by Crippen LogP contribution is 2.26. The molecule has 0 spiro atoms. The van der Waals surface area contributed by atoms with Crippen LogP contribution in [-0.4, -0.2) is 20.7 Å². The summed E-state index contributed by atoms with van der Waals surface area (Å²) in [5.74, 6) is 0.692. The summed E-state index contributed by atoms with van der Waals surface area (Å²) in [6.45, 7) is 0.897. The smallest absolute Gasteiger partial charge is 0.331 e. The molecule has 6 nitrogen and oxygen atoms in total. The van der Waals surface area contributed by atoms with E-state index in [0.29, 0.717) is 16.3 Å². The molecule has 1 N–H and O–H groups in total. The molecule has 2 aromatic heterocycles. The van der Waals surface area contributed by atoms with Crippen molar-refractivity contribution in [2.45, 2.75) is 32.1 Å². The number of thiazole rings is 1. The van der Waals surface area contributed by atoms with Crippen molar-refractivity contribution in [3.05, 3.63) is 20.8 Å². The van der Waals surface area contributed by atoms with Crippen molar-refractivity contribution < 1.29 is 0 Å². The van der Waals surface area contributed by atoms with Crippen LogP contribution in [0.1, 0.15) is 32.1 Å². The first-order chi connectivity index (χ1) is 10.1. The molecule has 114 valence electrons. The van der Waals surface area contributed by atoms with Crippen LogP contribution < -0.4 is 16.6 Å². The molecule has 1 aliphatic rings. The first kappa shape index (κ1) is 14.3. The third-order valence-corrected chi connectivity index (χ3v) is 5.35. The van der Waals surface area contributed by atoms with Gasteiger partial charge in [-0.3, -0.25) is 13.9 Å². The summed E-state index contributed by atoms with van der Waals surface area (Å²) in [6.07, 6.45) is 6.48. The van der Waals surface area contributed by atoms with E-state index in [1.165, 1.54) is 55.1 Å². The summed E-state index contributed by atoms with van der Waals surface area (Å²) in [6, 6.07) is 0. The Kier molecular flexibility index (Phi) is 3.84. The van der Waals surface area contributed by atoms with E-state index in [4.69, 9.17) is 0 Å². The highest BCUT2D eigenvalue weighted by molar-refractivity contribution is 7.21. The van der Waals surface area contributed by atoms with E-state index in [0.717, 1.165) is 16.2 Å². The molecule has 1 aliphatic carbocycles. The fraction of sp³-hybridized carbons (Fsp3) is 0.643. The van der Waals surface area contributed by atoms with Crippen molar-refractivity contribution in [3.8, 4) is 0 Å². The van der Waals surface area contributed by atoms with Crippen molar-refractivity contribution in [2.75, 3.05) is 11.9 Å².